The molecule has 1 aromatic carbocycles. The molecule has 1 aliphatic heterocycles. The smallest absolute Gasteiger partial charge is 0.123 e. The van der Waals surface area contributed by atoms with Crippen LogP contribution in [0.2, 0.25) is 0 Å². The lowest BCUT2D eigenvalue weighted by Gasteiger charge is -2.36. The first-order valence-corrected chi connectivity index (χ1v) is 7.34. The summed E-state index contributed by atoms with van der Waals surface area (Å²) in [7, 11) is 4.22. The quantitative estimate of drug-likeness (QED) is 0.918. The molecule has 1 atom stereocenters. The summed E-state index contributed by atoms with van der Waals surface area (Å²) in [5.41, 5.74) is 1.67. The van der Waals surface area contributed by atoms with Gasteiger partial charge in [-0.05, 0) is 58.0 Å². The van der Waals surface area contributed by atoms with Crippen LogP contribution in [0.5, 0.6) is 0 Å². The minimum atomic E-state index is -0.639. The van der Waals surface area contributed by atoms with E-state index in [0.29, 0.717) is 5.56 Å². The van der Waals surface area contributed by atoms with Crippen LogP contribution in [-0.2, 0) is 0 Å². The molecule has 2 rings (SSSR count). The number of hydrogen-bond acceptors (Lipinski definition) is 3. The summed E-state index contributed by atoms with van der Waals surface area (Å²) in [4.78, 5) is 4.51. The Morgan fingerprint density at radius 3 is 2.55 bits per heavy atom. The molecule has 3 nitrogen and oxygen atoms in total. The van der Waals surface area contributed by atoms with Crippen molar-refractivity contribution in [1.82, 2.24) is 4.90 Å². The van der Waals surface area contributed by atoms with Gasteiger partial charge >= 0.3 is 0 Å². The first-order valence-electron chi connectivity index (χ1n) is 7.34. The zero-order valence-electron chi connectivity index (χ0n) is 12.6. The van der Waals surface area contributed by atoms with Gasteiger partial charge in [0.15, 0.2) is 0 Å². The number of hydrogen-bond donors (Lipinski definition) is 1. The molecule has 1 aliphatic rings. The summed E-state index contributed by atoms with van der Waals surface area (Å²) in [6.45, 7) is 4.77. The molecule has 1 aromatic rings. The molecule has 0 bridgehead atoms. The van der Waals surface area contributed by atoms with Gasteiger partial charge in [0, 0.05) is 30.9 Å². The second-order valence-corrected chi connectivity index (χ2v) is 6.07. The Labute approximate surface area is 121 Å². The maximum atomic E-state index is 13.3. The number of rotatable bonds is 4. The molecule has 0 unspecified atom stereocenters. The Morgan fingerprint density at radius 2 is 2.00 bits per heavy atom. The standard InChI is InChI=1S/C16H25FN2O/c1-12(20)15-10-14(17)4-5-16(15)19-8-6-13(7-9-19)11-18(2)3/h4-5,10,12-13,20H,6-9,11H2,1-3H3/t12-/m0/s1. The maximum absolute atomic E-state index is 13.3. The highest BCUT2D eigenvalue weighted by atomic mass is 19.1. The van der Waals surface area contributed by atoms with Gasteiger partial charge in [0.05, 0.1) is 6.10 Å². The predicted molar refractivity (Wildman–Crippen MR) is 80.5 cm³/mol. The van der Waals surface area contributed by atoms with Gasteiger partial charge in [0.2, 0.25) is 0 Å². The maximum Gasteiger partial charge on any atom is 0.123 e. The van der Waals surface area contributed by atoms with E-state index in [1.807, 2.05) is 0 Å². The molecule has 0 aromatic heterocycles. The zero-order valence-corrected chi connectivity index (χ0v) is 12.6. The molecule has 1 heterocycles. The molecule has 1 N–H and O–H groups in total. The van der Waals surface area contributed by atoms with Crippen molar-refractivity contribution in [3.05, 3.63) is 29.6 Å². The van der Waals surface area contributed by atoms with Crippen LogP contribution >= 0.6 is 0 Å². The number of piperidine rings is 1. The van der Waals surface area contributed by atoms with Crippen molar-refractivity contribution in [2.45, 2.75) is 25.9 Å². The molecule has 0 amide bonds. The van der Waals surface area contributed by atoms with Gasteiger partial charge in [-0.2, -0.15) is 0 Å². The van der Waals surface area contributed by atoms with Crippen molar-refractivity contribution in [3.8, 4) is 0 Å². The molecule has 0 radical (unpaired) electrons. The molecule has 112 valence electrons. The normalized spacial score (nSPS) is 18.6. The fourth-order valence-corrected chi connectivity index (χ4v) is 3.02. The molecule has 0 aliphatic carbocycles. The third kappa shape index (κ3) is 3.70. The van der Waals surface area contributed by atoms with Crippen LogP contribution in [0.1, 0.15) is 31.4 Å². The van der Waals surface area contributed by atoms with Crippen molar-refractivity contribution >= 4 is 5.69 Å². The Kier molecular flexibility index (Phi) is 5.00. The summed E-state index contributed by atoms with van der Waals surface area (Å²) in [6, 6.07) is 4.72. The van der Waals surface area contributed by atoms with Gasteiger partial charge < -0.3 is 14.9 Å². The number of aliphatic hydroxyl groups excluding tert-OH is 1. The molecular formula is C16H25FN2O. The Balaban J connectivity index is 2.07. The summed E-state index contributed by atoms with van der Waals surface area (Å²) in [6.07, 6.45) is 1.66. The summed E-state index contributed by atoms with van der Waals surface area (Å²) >= 11 is 0. The van der Waals surface area contributed by atoms with E-state index in [2.05, 4.69) is 23.9 Å². The number of anilines is 1. The topological polar surface area (TPSA) is 26.7 Å². The van der Waals surface area contributed by atoms with Crippen molar-refractivity contribution < 1.29 is 9.50 Å². The van der Waals surface area contributed by atoms with E-state index in [9.17, 15) is 9.50 Å². The van der Waals surface area contributed by atoms with E-state index in [1.165, 1.54) is 12.1 Å². The largest absolute Gasteiger partial charge is 0.389 e. The van der Waals surface area contributed by atoms with Crippen molar-refractivity contribution in [2.75, 3.05) is 38.6 Å². The van der Waals surface area contributed by atoms with Gasteiger partial charge in [0.25, 0.3) is 0 Å². The summed E-state index contributed by atoms with van der Waals surface area (Å²) < 4.78 is 13.3. The lowest BCUT2D eigenvalue weighted by atomic mass is 9.95. The van der Waals surface area contributed by atoms with Crippen LogP contribution in [0.3, 0.4) is 0 Å². The monoisotopic (exact) mass is 280 g/mol. The van der Waals surface area contributed by atoms with Crippen molar-refractivity contribution in [2.24, 2.45) is 5.92 Å². The van der Waals surface area contributed by atoms with E-state index in [-0.39, 0.29) is 5.82 Å². The average Bonchev–Trinajstić information content (AvgIpc) is 2.39. The second kappa shape index (κ2) is 6.55. The fourth-order valence-electron chi connectivity index (χ4n) is 3.02. The summed E-state index contributed by atoms with van der Waals surface area (Å²) in [5.74, 6) is 0.448. The highest BCUT2D eigenvalue weighted by Crippen LogP contribution is 2.30. The molecular weight excluding hydrogens is 255 g/mol. The van der Waals surface area contributed by atoms with Crippen LogP contribution in [0.4, 0.5) is 10.1 Å². The highest BCUT2D eigenvalue weighted by Gasteiger charge is 2.22. The van der Waals surface area contributed by atoms with E-state index in [1.54, 1.807) is 13.0 Å². The number of aliphatic hydroxyl groups is 1. The molecule has 20 heavy (non-hydrogen) atoms. The zero-order chi connectivity index (χ0) is 14.7. The number of benzene rings is 1. The Hall–Kier alpha value is -1.13. The van der Waals surface area contributed by atoms with Crippen LogP contribution in [-0.4, -0.2) is 43.7 Å². The van der Waals surface area contributed by atoms with Crippen LogP contribution in [0.25, 0.3) is 0 Å². The summed E-state index contributed by atoms with van der Waals surface area (Å²) in [5, 5.41) is 9.83. The lowest BCUT2D eigenvalue weighted by Crippen LogP contribution is -2.37. The highest BCUT2D eigenvalue weighted by molar-refractivity contribution is 5.55. The minimum absolute atomic E-state index is 0.285. The van der Waals surface area contributed by atoms with E-state index >= 15 is 0 Å². The van der Waals surface area contributed by atoms with Crippen LogP contribution < -0.4 is 4.90 Å². The van der Waals surface area contributed by atoms with Crippen molar-refractivity contribution in [1.29, 1.82) is 0 Å². The second-order valence-electron chi connectivity index (χ2n) is 6.07. The third-order valence-electron chi connectivity index (χ3n) is 4.02. The van der Waals surface area contributed by atoms with Gasteiger partial charge in [-0.15, -0.1) is 0 Å². The number of halogens is 1. The average molecular weight is 280 g/mol. The SMILES string of the molecule is C[C@H](O)c1cc(F)ccc1N1CCC(CN(C)C)CC1. The number of nitrogens with zero attached hydrogens (tertiary/aromatic N) is 2. The fraction of sp³-hybridized carbons (Fsp3) is 0.625. The molecule has 1 fully saturated rings. The van der Waals surface area contributed by atoms with Gasteiger partial charge in [0.1, 0.15) is 5.82 Å². The van der Waals surface area contributed by atoms with E-state index < -0.39 is 6.10 Å². The van der Waals surface area contributed by atoms with Crippen molar-refractivity contribution in [3.63, 3.8) is 0 Å². The Morgan fingerprint density at radius 1 is 1.35 bits per heavy atom. The molecule has 0 spiro atoms. The molecule has 0 saturated carbocycles. The molecule has 1 saturated heterocycles. The van der Waals surface area contributed by atoms with Crippen LogP contribution in [0.15, 0.2) is 18.2 Å². The third-order valence-corrected chi connectivity index (χ3v) is 4.02. The lowest BCUT2D eigenvalue weighted by molar-refractivity contribution is 0.199. The molecule has 4 heteroatoms. The first-order chi connectivity index (χ1) is 9.47. The van der Waals surface area contributed by atoms with Crippen LogP contribution in [0, 0.1) is 11.7 Å². The van der Waals surface area contributed by atoms with E-state index in [4.69, 9.17) is 0 Å². The minimum Gasteiger partial charge on any atom is -0.389 e. The first kappa shape index (κ1) is 15.3. The van der Waals surface area contributed by atoms with Gasteiger partial charge in [-0.3, -0.25) is 0 Å². The Bertz CT molecular complexity index is 440. The van der Waals surface area contributed by atoms with Gasteiger partial charge in [-0.25, -0.2) is 4.39 Å². The van der Waals surface area contributed by atoms with Gasteiger partial charge in [-0.1, -0.05) is 0 Å². The van der Waals surface area contributed by atoms with E-state index in [0.717, 1.165) is 44.1 Å². The predicted octanol–water partition coefficient (Wildman–Crippen LogP) is 2.66.